The van der Waals surface area contributed by atoms with Gasteiger partial charge in [0, 0.05) is 11.7 Å². The lowest BCUT2D eigenvalue weighted by Gasteiger charge is -2.20. The van der Waals surface area contributed by atoms with Crippen molar-refractivity contribution in [1.82, 2.24) is 0 Å². The molecular formula is C18H21NO2. The van der Waals surface area contributed by atoms with E-state index in [0.717, 1.165) is 17.9 Å². The molecule has 0 saturated carbocycles. The van der Waals surface area contributed by atoms with Gasteiger partial charge in [0.2, 0.25) is 6.79 Å². The standard InChI is InChI=1S/C18H21NO2/c1-4-14-7-5-6-12(2)18(14)19-13(3)15-8-9-16-17(10-15)21-11-20-16/h5-10,13,19H,4,11H2,1-3H3. The molecule has 1 heterocycles. The Hall–Kier alpha value is -2.16. The summed E-state index contributed by atoms with van der Waals surface area (Å²) in [5.41, 5.74) is 5.07. The molecule has 2 aromatic carbocycles. The first-order valence-corrected chi connectivity index (χ1v) is 7.43. The lowest BCUT2D eigenvalue weighted by molar-refractivity contribution is 0.174. The van der Waals surface area contributed by atoms with Crippen LogP contribution < -0.4 is 14.8 Å². The summed E-state index contributed by atoms with van der Waals surface area (Å²) in [6, 6.07) is 12.8. The van der Waals surface area contributed by atoms with Crippen LogP contribution in [0.1, 0.15) is 36.6 Å². The second-order valence-electron chi connectivity index (χ2n) is 5.44. The maximum absolute atomic E-state index is 5.46. The van der Waals surface area contributed by atoms with Crippen LogP contribution in [0, 0.1) is 6.92 Å². The summed E-state index contributed by atoms with van der Waals surface area (Å²) in [5, 5.41) is 3.64. The molecule has 1 atom stereocenters. The number of anilines is 1. The van der Waals surface area contributed by atoms with Crippen LogP contribution in [0.4, 0.5) is 5.69 Å². The number of rotatable bonds is 4. The zero-order chi connectivity index (χ0) is 14.8. The van der Waals surface area contributed by atoms with Crippen molar-refractivity contribution < 1.29 is 9.47 Å². The van der Waals surface area contributed by atoms with E-state index in [-0.39, 0.29) is 6.04 Å². The molecule has 21 heavy (non-hydrogen) atoms. The van der Waals surface area contributed by atoms with Gasteiger partial charge < -0.3 is 14.8 Å². The molecule has 0 spiro atoms. The fourth-order valence-electron chi connectivity index (χ4n) is 2.71. The van der Waals surface area contributed by atoms with Crippen LogP contribution in [0.2, 0.25) is 0 Å². The molecule has 0 amide bonds. The second kappa shape index (κ2) is 5.68. The maximum Gasteiger partial charge on any atom is 0.231 e. The number of nitrogens with one attached hydrogen (secondary N) is 1. The molecule has 0 aromatic heterocycles. The van der Waals surface area contributed by atoms with Crippen molar-refractivity contribution in [2.24, 2.45) is 0 Å². The molecule has 1 aliphatic rings. The molecule has 1 N–H and O–H groups in total. The van der Waals surface area contributed by atoms with E-state index in [1.807, 2.05) is 6.07 Å². The number of aryl methyl sites for hydroxylation is 2. The van der Waals surface area contributed by atoms with Crippen LogP contribution in [0.15, 0.2) is 36.4 Å². The highest BCUT2D eigenvalue weighted by molar-refractivity contribution is 5.59. The van der Waals surface area contributed by atoms with Crippen molar-refractivity contribution in [3.05, 3.63) is 53.1 Å². The Morgan fingerprint density at radius 1 is 1.14 bits per heavy atom. The summed E-state index contributed by atoms with van der Waals surface area (Å²) in [4.78, 5) is 0. The van der Waals surface area contributed by atoms with Crippen molar-refractivity contribution in [2.75, 3.05) is 12.1 Å². The third-order valence-electron chi connectivity index (χ3n) is 4.00. The van der Waals surface area contributed by atoms with Gasteiger partial charge in [0.15, 0.2) is 11.5 Å². The summed E-state index contributed by atoms with van der Waals surface area (Å²) in [6.07, 6.45) is 1.03. The minimum Gasteiger partial charge on any atom is -0.454 e. The van der Waals surface area contributed by atoms with E-state index < -0.39 is 0 Å². The molecular weight excluding hydrogens is 262 g/mol. The second-order valence-corrected chi connectivity index (χ2v) is 5.44. The van der Waals surface area contributed by atoms with Crippen molar-refractivity contribution >= 4 is 5.69 Å². The Bertz CT molecular complexity index is 652. The lowest BCUT2D eigenvalue weighted by Crippen LogP contribution is -2.09. The van der Waals surface area contributed by atoms with Crippen molar-refractivity contribution in [1.29, 1.82) is 0 Å². The monoisotopic (exact) mass is 283 g/mol. The van der Waals surface area contributed by atoms with E-state index in [1.54, 1.807) is 0 Å². The SMILES string of the molecule is CCc1cccc(C)c1NC(C)c1ccc2c(c1)OCO2. The highest BCUT2D eigenvalue weighted by Gasteiger charge is 2.16. The van der Waals surface area contributed by atoms with E-state index >= 15 is 0 Å². The summed E-state index contributed by atoms with van der Waals surface area (Å²) in [5.74, 6) is 1.66. The first kappa shape index (κ1) is 13.8. The molecule has 0 radical (unpaired) electrons. The molecule has 2 aromatic rings. The number of benzene rings is 2. The predicted molar refractivity (Wildman–Crippen MR) is 85.2 cm³/mol. The van der Waals surface area contributed by atoms with Gasteiger partial charge in [-0.2, -0.15) is 0 Å². The van der Waals surface area contributed by atoms with Gasteiger partial charge in [-0.05, 0) is 49.1 Å². The average Bonchev–Trinajstić information content (AvgIpc) is 2.96. The van der Waals surface area contributed by atoms with Gasteiger partial charge in [0.25, 0.3) is 0 Å². The summed E-state index contributed by atoms with van der Waals surface area (Å²) < 4.78 is 10.8. The number of para-hydroxylation sites is 1. The van der Waals surface area contributed by atoms with Crippen molar-refractivity contribution in [3.63, 3.8) is 0 Å². The van der Waals surface area contributed by atoms with Crippen LogP contribution in [-0.2, 0) is 6.42 Å². The lowest BCUT2D eigenvalue weighted by atomic mass is 10.0. The van der Waals surface area contributed by atoms with Crippen LogP contribution in [0.3, 0.4) is 0 Å². The van der Waals surface area contributed by atoms with E-state index in [0.29, 0.717) is 6.79 Å². The highest BCUT2D eigenvalue weighted by Crippen LogP contribution is 2.35. The van der Waals surface area contributed by atoms with Crippen LogP contribution in [0.5, 0.6) is 11.5 Å². The van der Waals surface area contributed by atoms with Gasteiger partial charge in [-0.25, -0.2) is 0 Å². The highest BCUT2D eigenvalue weighted by atomic mass is 16.7. The number of ether oxygens (including phenoxy) is 2. The van der Waals surface area contributed by atoms with Crippen LogP contribution >= 0.6 is 0 Å². The predicted octanol–water partition coefficient (Wildman–Crippen LogP) is 4.46. The maximum atomic E-state index is 5.46. The normalized spacial score (nSPS) is 14.0. The average molecular weight is 283 g/mol. The minimum absolute atomic E-state index is 0.214. The van der Waals surface area contributed by atoms with Crippen LogP contribution in [-0.4, -0.2) is 6.79 Å². The third-order valence-corrected chi connectivity index (χ3v) is 4.00. The zero-order valence-electron chi connectivity index (χ0n) is 12.8. The van der Waals surface area contributed by atoms with Crippen molar-refractivity contribution in [2.45, 2.75) is 33.2 Å². The Balaban J connectivity index is 1.85. The van der Waals surface area contributed by atoms with E-state index in [9.17, 15) is 0 Å². The van der Waals surface area contributed by atoms with Gasteiger partial charge in [0.05, 0.1) is 0 Å². The largest absolute Gasteiger partial charge is 0.454 e. The fourth-order valence-corrected chi connectivity index (χ4v) is 2.71. The Morgan fingerprint density at radius 2 is 1.95 bits per heavy atom. The summed E-state index contributed by atoms with van der Waals surface area (Å²) in [7, 11) is 0. The van der Waals surface area contributed by atoms with Crippen LogP contribution in [0.25, 0.3) is 0 Å². The minimum atomic E-state index is 0.214. The van der Waals surface area contributed by atoms with Gasteiger partial charge in [-0.1, -0.05) is 31.2 Å². The Kier molecular flexibility index (Phi) is 3.74. The van der Waals surface area contributed by atoms with E-state index in [2.05, 4.69) is 56.4 Å². The molecule has 3 heteroatoms. The van der Waals surface area contributed by atoms with E-state index in [4.69, 9.17) is 9.47 Å². The van der Waals surface area contributed by atoms with Crippen molar-refractivity contribution in [3.8, 4) is 11.5 Å². The Labute approximate surface area is 125 Å². The van der Waals surface area contributed by atoms with E-state index in [1.165, 1.54) is 22.4 Å². The number of hydrogen-bond acceptors (Lipinski definition) is 3. The van der Waals surface area contributed by atoms with Gasteiger partial charge >= 0.3 is 0 Å². The molecule has 3 nitrogen and oxygen atoms in total. The molecule has 0 fully saturated rings. The number of hydrogen-bond donors (Lipinski definition) is 1. The van der Waals surface area contributed by atoms with Gasteiger partial charge in [-0.3, -0.25) is 0 Å². The molecule has 0 bridgehead atoms. The topological polar surface area (TPSA) is 30.5 Å². The smallest absolute Gasteiger partial charge is 0.231 e. The molecule has 110 valence electrons. The third kappa shape index (κ3) is 2.68. The zero-order valence-corrected chi connectivity index (χ0v) is 12.8. The van der Waals surface area contributed by atoms with Gasteiger partial charge in [-0.15, -0.1) is 0 Å². The molecule has 3 rings (SSSR count). The summed E-state index contributed by atoms with van der Waals surface area (Å²) in [6.45, 7) is 6.82. The molecule has 0 aliphatic carbocycles. The van der Waals surface area contributed by atoms with Gasteiger partial charge in [0.1, 0.15) is 0 Å². The molecule has 0 saturated heterocycles. The molecule has 1 unspecified atom stereocenters. The fraction of sp³-hybridized carbons (Fsp3) is 0.333. The Morgan fingerprint density at radius 3 is 2.76 bits per heavy atom. The summed E-state index contributed by atoms with van der Waals surface area (Å²) >= 11 is 0. The number of fused-ring (bicyclic) bond motifs is 1. The molecule has 1 aliphatic heterocycles. The first-order valence-electron chi connectivity index (χ1n) is 7.43. The quantitative estimate of drug-likeness (QED) is 0.898. The first-order chi connectivity index (χ1) is 10.2.